The van der Waals surface area contributed by atoms with Crippen LogP contribution in [0.4, 0.5) is 0 Å². The fraction of sp³-hybridized carbons (Fsp3) is 0.100. The Morgan fingerprint density at radius 1 is 1.43 bits per heavy atom. The number of hydrogen-bond donors (Lipinski definition) is 2. The van der Waals surface area contributed by atoms with Crippen molar-refractivity contribution in [2.45, 2.75) is 6.92 Å². The van der Waals surface area contributed by atoms with Crippen LogP contribution in [-0.2, 0) is 0 Å². The van der Waals surface area contributed by atoms with Crippen LogP contribution in [0.1, 0.15) is 5.56 Å². The third-order valence-electron chi connectivity index (χ3n) is 2.02. The number of imidazole rings is 1. The van der Waals surface area contributed by atoms with Crippen LogP contribution in [-0.4, -0.2) is 14.7 Å². The van der Waals surface area contributed by atoms with E-state index in [0.717, 1.165) is 5.56 Å². The fourth-order valence-corrected chi connectivity index (χ4v) is 1.38. The Morgan fingerprint density at radius 3 is 2.79 bits per heavy atom. The van der Waals surface area contributed by atoms with Gasteiger partial charge in [0.1, 0.15) is 0 Å². The zero-order valence-electron chi connectivity index (χ0n) is 7.69. The Kier molecular flexibility index (Phi) is 1.89. The molecule has 0 bridgehead atoms. The first-order chi connectivity index (χ1) is 6.68. The van der Waals surface area contributed by atoms with Gasteiger partial charge in [-0.3, -0.25) is 0 Å². The predicted molar refractivity (Wildman–Crippen MR) is 52.8 cm³/mol. The van der Waals surface area contributed by atoms with E-state index in [1.54, 1.807) is 6.07 Å². The Morgan fingerprint density at radius 2 is 2.21 bits per heavy atom. The molecular weight excluding hydrogens is 180 g/mol. The number of rotatable bonds is 1. The molecule has 0 unspecified atom stereocenters. The standard InChI is InChI=1S/C10H10N2O2/c1-7-3-2-4-8(5-7)12-9(13)6-11-10(12)14/h2-6,13H,1H3,(H,11,14). The summed E-state index contributed by atoms with van der Waals surface area (Å²) in [4.78, 5) is 13.7. The van der Waals surface area contributed by atoms with E-state index in [1.165, 1.54) is 10.8 Å². The lowest BCUT2D eigenvalue weighted by molar-refractivity contribution is 0.441. The van der Waals surface area contributed by atoms with Gasteiger partial charge in [-0.2, -0.15) is 0 Å². The summed E-state index contributed by atoms with van der Waals surface area (Å²) in [7, 11) is 0. The minimum Gasteiger partial charge on any atom is -0.493 e. The third kappa shape index (κ3) is 1.31. The molecule has 0 aliphatic rings. The number of nitrogens with one attached hydrogen (secondary N) is 1. The Hall–Kier alpha value is -1.97. The number of nitrogens with zero attached hydrogens (tertiary/aromatic N) is 1. The van der Waals surface area contributed by atoms with Crippen LogP contribution < -0.4 is 5.69 Å². The molecule has 2 N–H and O–H groups in total. The lowest BCUT2D eigenvalue weighted by Gasteiger charge is -2.02. The average molecular weight is 190 g/mol. The second-order valence-electron chi connectivity index (χ2n) is 3.13. The zero-order chi connectivity index (χ0) is 10.1. The smallest absolute Gasteiger partial charge is 0.333 e. The molecule has 0 aliphatic heterocycles. The number of aryl methyl sites for hydroxylation is 1. The molecule has 0 saturated carbocycles. The van der Waals surface area contributed by atoms with Crippen molar-refractivity contribution in [3.05, 3.63) is 46.5 Å². The highest BCUT2D eigenvalue weighted by atomic mass is 16.3. The van der Waals surface area contributed by atoms with Crippen LogP contribution in [0.2, 0.25) is 0 Å². The highest BCUT2D eigenvalue weighted by molar-refractivity contribution is 5.37. The maximum Gasteiger partial charge on any atom is 0.333 e. The van der Waals surface area contributed by atoms with Gasteiger partial charge in [0.15, 0.2) is 0 Å². The van der Waals surface area contributed by atoms with E-state index < -0.39 is 0 Å². The van der Waals surface area contributed by atoms with Gasteiger partial charge in [-0.1, -0.05) is 12.1 Å². The molecular formula is C10H10N2O2. The number of hydrogen-bond acceptors (Lipinski definition) is 2. The van der Waals surface area contributed by atoms with Gasteiger partial charge in [-0.25, -0.2) is 9.36 Å². The number of aromatic hydroxyl groups is 1. The fourth-order valence-electron chi connectivity index (χ4n) is 1.38. The van der Waals surface area contributed by atoms with Crippen molar-refractivity contribution in [3.8, 4) is 11.6 Å². The van der Waals surface area contributed by atoms with Crippen LogP contribution in [0, 0.1) is 6.92 Å². The molecule has 72 valence electrons. The molecule has 0 amide bonds. The normalized spacial score (nSPS) is 10.4. The molecule has 0 radical (unpaired) electrons. The molecule has 0 spiro atoms. The second kappa shape index (κ2) is 3.06. The summed E-state index contributed by atoms with van der Waals surface area (Å²) < 4.78 is 1.22. The molecule has 0 atom stereocenters. The molecule has 1 aromatic carbocycles. The van der Waals surface area contributed by atoms with E-state index in [0.29, 0.717) is 5.69 Å². The Labute approximate surface area is 80.4 Å². The molecule has 0 saturated heterocycles. The van der Waals surface area contributed by atoms with Gasteiger partial charge in [0.2, 0.25) is 5.88 Å². The number of H-pyrrole nitrogens is 1. The van der Waals surface area contributed by atoms with Crippen molar-refractivity contribution in [3.63, 3.8) is 0 Å². The maximum atomic E-state index is 11.3. The second-order valence-corrected chi connectivity index (χ2v) is 3.13. The number of aromatic nitrogens is 2. The molecule has 2 rings (SSSR count). The van der Waals surface area contributed by atoms with Crippen LogP contribution in [0.3, 0.4) is 0 Å². The largest absolute Gasteiger partial charge is 0.493 e. The van der Waals surface area contributed by atoms with Crippen LogP contribution in [0.25, 0.3) is 5.69 Å². The summed E-state index contributed by atoms with van der Waals surface area (Å²) in [6.45, 7) is 1.93. The SMILES string of the molecule is Cc1cccc(-n2c(O)c[nH]c2=O)c1. The molecule has 14 heavy (non-hydrogen) atoms. The maximum absolute atomic E-state index is 11.3. The van der Waals surface area contributed by atoms with Crippen LogP contribution in [0.15, 0.2) is 35.3 Å². The Bertz CT molecular complexity index is 511. The topological polar surface area (TPSA) is 58.0 Å². The summed E-state index contributed by atoms with van der Waals surface area (Å²) in [6, 6.07) is 7.36. The highest BCUT2D eigenvalue weighted by Crippen LogP contribution is 2.13. The summed E-state index contributed by atoms with van der Waals surface area (Å²) in [6.07, 6.45) is 1.27. The van der Waals surface area contributed by atoms with Crippen molar-refractivity contribution < 1.29 is 5.11 Å². The van der Waals surface area contributed by atoms with Gasteiger partial charge in [0.25, 0.3) is 0 Å². The predicted octanol–water partition coefficient (Wildman–Crippen LogP) is 1.18. The molecule has 1 heterocycles. The van der Waals surface area contributed by atoms with E-state index in [-0.39, 0.29) is 11.6 Å². The lowest BCUT2D eigenvalue weighted by atomic mass is 10.2. The van der Waals surface area contributed by atoms with Crippen molar-refractivity contribution in [2.75, 3.05) is 0 Å². The summed E-state index contributed by atoms with van der Waals surface area (Å²) in [5.74, 6) is -0.0828. The monoisotopic (exact) mass is 190 g/mol. The van der Waals surface area contributed by atoms with Crippen LogP contribution in [0.5, 0.6) is 5.88 Å². The van der Waals surface area contributed by atoms with Gasteiger partial charge < -0.3 is 10.1 Å². The van der Waals surface area contributed by atoms with Gasteiger partial charge in [0.05, 0.1) is 11.9 Å². The van der Waals surface area contributed by atoms with E-state index in [9.17, 15) is 9.90 Å². The summed E-state index contributed by atoms with van der Waals surface area (Å²) in [5, 5.41) is 9.41. The molecule has 2 aromatic rings. The minimum atomic E-state index is -0.340. The van der Waals surface area contributed by atoms with Gasteiger partial charge in [0, 0.05) is 0 Å². The van der Waals surface area contributed by atoms with E-state index in [4.69, 9.17) is 0 Å². The lowest BCUT2D eigenvalue weighted by Crippen LogP contribution is -2.14. The molecule has 0 aliphatic carbocycles. The van der Waals surface area contributed by atoms with Gasteiger partial charge >= 0.3 is 5.69 Å². The first-order valence-corrected chi connectivity index (χ1v) is 4.25. The van der Waals surface area contributed by atoms with Crippen molar-refractivity contribution >= 4 is 0 Å². The van der Waals surface area contributed by atoms with E-state index >= 15 is 0 Å². The number of aromatic amines is 1. The van der Waals surface area contributed by atoms with Crippen LogP contribution >= 0.6 is 0 Å². The molecule has 4 nitrogen and oxygen atoms in total. The van der Waals surface area contributed by atoms with Crippen molar-refractivity contribution in [1.29, 1.82) is 0 Å². The average Bonchev–Trinajstić information content (AvgIpc) is 2.46. The van der Waals surface area contributed by atoms with E-state index in [1.807, 2.05) is 25.1 Å². The first kappa shape index (κ1) is 8.62. The minimum absolute atomic E-state index is 0.0828. The van der Waals surface area contributed by atoms with Crippen molar-refractivity contribution in [2.24, 2.45) is 0 Å². The van der Waals surface area contributed by atoms with E-state index in [2.05, 4.69) is 4.98 Å². The first-order valence-electron chi connectivity index (χ1n) is 4.25. The quantitative estimate of drug-likeness (QED) is 0.709. The summed E-state index contributed by atoms with van der Waals surface area (Å²) >= 11 is 0. The highest BCUT2D eigenvalue weighted by Gasteiger charge is 2.05. The number of benzene rings is 1. The molecule has 0 fully saturated rings. The molecule has 4 heteroatoms. The van der Waals surface area contributed by atoms with Gasteiger partial charge in [-0.05, 0) is 24.6 Å². The Balaban J connectivity index is 2.66. The zero-order valence-corrected chi connectivity index (χ0v) is 7.69. The summed E-state index contributed by atoms with van der Waals surface area (Å²) in [5.41, 5.74) is 1.36. The van der Waals surface area contributed by atoms with Gasteiger partial charge in [-0.15, -0.1) is 0 Å². The van der Waals surface area contributed by atoms with Crippen molar-refractivity contribution in [1.82, 2.24) is 9.55 Å². The molecule has 1 aromatic heterocycles. The third-order valence-corrected chi connectivity index (χ3v) is 2.02.